The van der Waals surface area contributed by atoms with Crippen molar-refractivity contribution < 1.29 is 19.1 Å². The molecule has 0 aliphatic carbocycles. The summed E-state index contributed by atoms with van der Waals surface area (Å²) < 4.78 is 5.59. The number of para-hydroxylation sites is 1. The molecule has 8 N–H and O–H groups in total. The number of carbonyl (C=O) groups is 3. The quantitative estimate of drug-likeness (QED) is 0.138. The molecule has 0 bridgehead atoms. The Morgan fingerprint density at radius 1 is 1.00 bits per heavy atom. The molecule has 1 aliphatic heterocycles. The second-order valence-electron chi connectivity index (χ2n) is 11.8. The Bertz CT molecular complexity index is 1410. The van der Waals surface area contributed by atoms with Crippen molar-refractivity contribution >= 4 is 28.6 Å². The number of unbranched alkanes of at least 4 members (excludes halogenated alkanes) is 1. The van der Waals surface area contributed by atoms with E-state index in [2.05, 4.69) is 27.5 Å². The zero-order valence-electron chi connectivity index (χ0n) is 25.5. The van der Waals surface area contributed by atoms with Gasteiger partial charge in [0.2, 0.25) is 17.7 Å². The topological polar surface area (TPSA) is 164 Å². The van der Waals surface area contributed by atoms with E-state index in [-0.39, 0.29) is 49.1 Å². The molecule has 1 fully saturated rings. The molecular formula is C34H46N6O4. The molecule has 3 amide bonds. The number of ether oxygens (including phenoxy) is 1. The lowest BCUT2D eigenvalue weighted by molar-refractivity contribution is -0.130. The van der Waals surface area contributed by atoms with Crippen molar-refractivity contribution in [1.29, 1.82) is 0 Å². The van der Waals surface area contributed by atoms with Gasteiger partial charge in [0, 0.05) is 54.9 Å². The first-order valence-corrected chi connectivity index (χ1v) is 15.5. The van der Waals surface area contributed by atoms with Gasteiger partial charge >= 0.3 is 0 Å². The van der Waals surface area contributed by atoms with E-state index in [1.54, 1.807) is 0 Å². The van der Waals surface area contributed by atoms with E-state index in [1.807, 2.05) is 67.7 Å². The Kier molecular flexibility index (Phi) is 12.0. The lowest BCUT2D eigenvalue weighted by Gasteiger charge is -2.25. The number of nitrogens with two attached hydrogens (primary N) is 2. The van der Waals surface area contributed by atoms with Gasteiger partial charge in [-0.2, -0.15) is 0 Å². The van der Waals surface area contributed by atoms with Gasteiger partial charge in [-0.05, 0) is 49.9 Å². The monoisotopic (exact) mass is 602 g/mol. The zero-order valence-corrected chi connectivity index (χ0v) is 25.5. The molecule has 2 heterocycles. The Morgan fingerprint density at radius 3 is 2.48 bits per heavy atom. The number of carbonyl (C=O) groups excluding carboxylic acids is 3. The second-order valence-corrected chi connectivity index (χ2v) is 11.8. The highest BCUT2D eigenvalue weighted by Gasteiger charge is 2.31. The fraction of sp³-hybridized carbons (Fsp3) is 0.441. The molecular weight excluding hydrogens is 556 g/mol. The summed E-state index contributed by atoms with van der Waals surface area (Å²) in [6, 6.07) is 15.7. The highest BCUT2D eigenvalue weighted by Crippen LogP contribution is 2.22. The van der Waals surface area contributed by atoms with Crippen LogP contribution in [0.2, 0.25) is 0 Å². The molecule has 1 aliphatic rings. The molecule has 4 rings (SSSR count). The molecule has 2 aromatic carbocycles. The van der Waals surface area contributed by atoms with Gasteiger partial charge in [-0.1, -0.05) is 61.5 Å². The molecule has 0 spiro atoms. The summed E-state index contributed by atoms with van der Waals surface area (Å²) in [4.78, 5) is 43.3. The van der Waals surface area contributed by atoms with E-state index in [9.17, 15) is 14.4 Å². The first-order chi connectivity index (χ1) is 21.2. The van der Waals surface area contributed by atoms with Crippen molar-refractivity contribution in [3.63, 3.8) is 0 Å². The molecule has 0 saturated carbocycles. The normalized spacial score (nSPS) is 18.3. The third-order valence-corrected chi connectivity index (χ3v) is 8.04. The van der Waals surface area contributed by atoms with E-state index in [4.69, 9.17) is 16.2 Å². The molecule has 3 aromatic rings. The van der Waals surface area contributed by atoms with Crippen LogP contribution in [0, 0.1) is 0 Å². The predicted molar refractivity (Wildman–Crippen MR) is 172 cm³/mol. The number of rotatable bonds is 16. The third-order valence-electron chi connectivity index (χ3n) is 8.04. The minimum absolute atomic E-state index is 0.0713. The van der Waals surface area contributed by atoms with Crippen LogP contribution in [0.4, 0.5) is 0 Å². The largest absolute Gasteiger partial charge is 0.493 e. The number of amides is 3. The van der Waals surface area contributed by atoms with Crippen LogP contribution in [-0.2, 0) is 32.0 Å². The molecule has 10 nitrogen and oxygen atoms in total. The molecule has 0 radical (unpaired) electrons. The maximum atomic E-state index is 13.8. The van der Waals surface area contributed by atoms with Crippen molar-refractivity contribution in [2.24, 2.45) is 11.5 Å². The maximum Gasteiger partial charge on any atom is 0.243 e. The number of hydrogen-bond donors (Lipinski definition) is 6. The fourth-order valence-electron chi connectivity index (χ4n) is 5.73. The molecule has 0 unspecified atom stereocenters. The summed E-state index contributed by atoms with van der Waals surface area (Å²) in [5.74, 6) is -0.185. The smallest absolute Gasteiger partial charge is 0.243 e. The van der Waals surface area contributed by atoms with Crippen LogP contribution < -0.4 is 27.4 Å². The first kappa shape index (κ1) is 32.8. The van der Waals surface area contributed by atoms with Crippen LogP contribution in [0.25, 0.3) is 10.9 Å². The molecule has 44 heavy (non-hydrogen) atoms. The van der Waals surface area contributed by atoms with E-state index in [0.717, 1.165) is 34.9 Å². The van der Waals surface area contributed by atoms with E-state index < -0.39 is 18.1 Å². The van der Waals surface area contributed by atoms with Crippen LogP contribution in [0.5, 0.6) is 0 Å². The van der Waals surface area contributed by atoms with Crippen LogP contribution in [0.1, 0.15) is 56.6 Å². The molecule has 1 aromatic heterocycles. The van der Waals surface area contributed by atoms with Crippen LogP contribution in [-0.4, -0.2) is 59.5 Å². The average Bonchev–Trinajstić information content (AvgIpc) is 3.54. The van der Waals surface area contributed by atoms with E-state index in [0.29, 0.717) is 31.6 Å². The number of benzene rings is 2. The van der Waals surface area contributed by atoms with E-state index in [1.165, 1.54) is 0 Å². The third kappa shape index (κ3) is 9.68. The highest BCUT2D eigenvalue weighted by molar-refractivity contribution is 5.90. The zero-order chi connectivity index (χ0) is 31.5. The Morgan fingerprint density at radius 2 is 1.75 bits per heavy atom. The standard InChI is InChI=1S/C34H46N6O4/c1-22-16-30(23(2)44-22)39-33(42)20-27(12-8-9-15-35)38-34(43)31(18-25-21-37-29-14-7-6-13-28(25)29)40-32(41)19-26(36)17-24-10-4-3-5-11-24/h3-7,10-11,13-14,21,23,26-27,30-31,37H,1,8-9,12,15-20,35-36H2,2H3,(H,38,43)(H,39,42)(H,40,41)/t23-,26+,27+,30-,31-/m1/s1. The summed E-state index contributed by atoms with van der Waals surface area (Å²) in [6.07, 6.45) is 5.35. The van der Waals surface area contributed by atoms with Gasteiger partial charge in [0.05, 0.1) is 11.8 Å². The predicted octanol–water partition coefficient (Wildman–Crippen LogP) is 2.97. The lowest BCUT2D eigenvalue weighted by Crippen LogP contribution is -2.52. The number of nitrogens with one attached hydrogen (secondary N) is 4. The first-order valence-electron chi connectivity index (χ1n) is 15.5. The lowest BCUT2D eigenvalue weighted by atomic mass is 10.0. The number of H-pyrrole nitrogens is 1. The molecule has 5 atom stereocenters. The van der Waals surface area contributed by atoms with Gasteiger partial charge < -0.3 is 37.1 Å². The van der Waals surface area contributed by atoms with Gasteiger partial charge in [0.15, 0.2) is 0 Å². The Hall–Kier alpha value is -4.15. The molecule has 236 valence electrons. The van der Waals surface area contributed by atoms with Crippen molar-refractivity contribution in [1.82, 2.24) is 20.9 Å². The number of hydrogen-bond acceptors (Lipinski definition) is 6. The molecule has 1 saturated heterocycles. The van der Waals surface area contributed by atoms with Gasteiger partial charge in [-0.15, -0.1) is 0 Å². The summed E-state index contributed by atoms with van der Waals surface area (Å²) >= 11 is 0. The second kappa shape index (κ2) is 16.1. The summed E-state index contributed by atoms with van der Waals surface area (Å²) in [7, 11) is 0. The minimum Gasteiger partial charge on any atom is -0.493 e. The van der Waals surface area contributed by atoms with Crippen LogP contribution >= 0.6 is 0 Å². The van der Waals surface area contributed by atoms with Gasteiger partial charge in [-0.25, -0.2) is 0 Å². The van der Waals surface area contributed by atoms with Crippen LogP contribution in [0.3, 0.4) is 0 Å². The van der Waals surface area contributed by atoms with E-state index >= 15 is 0 Å². The SMILES string of the molecule is C=C1C[C@@H](NC(=O)C[C@H](CCCCN)NC(=O)[C@@H](Cc2c[nH]c3ccccc23)NC(=O)C[C@@H](N)Cc2ccccc2)[C@@H](C)O1. The van der Waals surface area contributed by atoms with Crippen molar-refractivity contribution in [3.05, 3.63) is 84.3 Å². The van der Waals surface area contributed by atoms with Gasteiger partial charge in [0.25, 0.3) is 0 Å². The number of aromatic nitrogens is 1. The number of fused-ring (bicyclic) bond motifs is 1. The summed E-state index contributed by atoms with van der Waals surface area (Å²) in [5, 5.41) is 10.0. The van der Waals surface area contributed by atoms with Crippen molar-refractivity contribution in [2.75, 3.05) is 6.54 Å². The minimum atomic E-state index is -0.864. The summed E-state index contributed by atoms with van der Waals surface area (Å²) in [6.45, 7) is 6.27. The summed E-state index contributed by atoms with van der Waals surface area (Å²) in [5.41, 5.74) is 14.9. The molecule has 10 heteroatoms. The Labute approximate surface area is 259 Å². The maximum absolute atomic E-state index is 13.8. The number of aromatic amines is 1. The highest BCUT2D eigenvalue weighted by atomic mass is 16.5. The van der Waals surface area contributed by atoms with Gasteiger partial charge in [0.1, 0.15) is 12.1 Å². The van der Waals surface area contributed by atoms with Crippen LogP contribution in [0.15, 0.2) is 73.1 Å². The fourth-order valence-corrected chi connectivity index (χ4v) is 5.73. The average molecular weight is 603 g/mol. The van der Waals surface area contributed by atoms with Crippen molar-refractivity contribution in [3.8, 4) is 0 Å². The van der Waals surface area contributed by atoms with Crippen molar-refractivity contribution in [2.45, 2.75) is 88.6 Å². The Balaban J connectivity index is 1.45. The van der Waals surface area contributed by atoms with Gasteiger partial charge in [-0.3, -0.25) is 14.4 Å².